The second-order valence-electron chi connectivity index (χ2n) is 3.48. The monoisotopic (exact) mass is 233 g/mol. The van der Waals surface area contributed by atoms with Gasteiger partial charge in [0, 0.05) is 6.42 Å². The fourth-order valence-electron chi connectivity index (χ4n) is 1.52. The molecule has 0 radical (unpaired) electrons. The van der Waals surface area contributed by atoms with E-state index in [1.165, 1.54) is 0 Å². The van der Waals surface area contributed by atoms with E-state index in [9.17, 15) is 0 Å². The molecule has 0 unspecified atom stereocenters. The highest BCUT2D eigenvalue weighted by Gasteiger charge is 2.12. The molecule has 0 spiro atoms. The normalized spacial score (nSPS) is 10.5. The first-order valence-electron chi connectivity index (χ1n) is 5.60. The van der Waals surface area contributed by atoms with Crippen molar-refractivity contribution in [1.82, 2.24) is 10.1 Å². The molecule has 1 heterocycles. The minimum Gasteiger partial charge on any atom is -0.493 e. The number of para-hydroxylation sites is 1. The van der Waals surface area contributed by atoms with Crippen molar-refractivity contribution in [1.29, 1.82) is 0 Å². The summed E-state index contributed by atoms with van der Waals surface area (Å²) in [5.41, 5.74) is 6.25. The van der Waals surface area contributed by atoms with Crippen molar-refractivity contribution in [2.24, 2.45) is 5.73 Å². The van der Waals surface area contributed by atoms with Crippen molar-refractivity contribution in [3.8, 4) is 17.2 Å². The van der Waals surface area contributed by atoms with Gasteiger partial charge in [-0.05, 0) is 25.6 Å². The van der Waals surface area contributed by atoms with Crippen LogP contribution in [0.5, 0.6) is 5.75 Å². The molecular formula is C12H15N3O2. The summed E-state index contributed by atoms with van der Waals surface area (Å²) in [6, 6.07) is 7.59. The van der Waals surface area contributed by atoms with Crippen molar-refractivity contribution < 1.29 is 9.26 Å². The molecular weight excluding hydrogens is 218 g/mol. The summed E-state index contributed by atoms with van der Waals surface area (Å²) in [4.78, 5) is 4.28. The van der Waals surface area contributed by atoms with E-state index < -0.39 is 0 Å². The highest BCUT2D eigenvalue weighted by Crippen LogP contribution is 2.28. The molecule has 0 bridgehead atoms. The first kappa shape index (κ1) is 11.6. The van der Waals surface area contributed by atoms with Crippen LogP contribution in [0.2, 0.25) is 0 Å². The lowest BCUT2D eigenvalue weighted by Crippen LogP contribution is -2.03. The fraction of sp³-hybridized carbons (Fsp3) is 0.333. The number of nitrogens with zero attached hydrogens (tertiary/aromatic N) is 2. The van der Waals surface area contributed by atoms with Crippen LogP contribution in [-0.4, -0.2) is 23.3 Å². The standard InChI is InChI=1S/C12H15N3O2/c1-2-16-10-6-4-3-5-9(10)12-14-11(7-8-13)15-17-12/h3-6H,2,7-8,13H2,1H3. The van der Waals surface area contributed by atoms with Gasteiger partial charge in [0.1, 0.15) is 5.75 Å². The molecule has 0 fully saturated rings. The minimum atomic E-state index is 0.470. The van der Waals surface area contributed by atoms with Gasteiger partial charge in [-0.25, -0.2) is 0 Å². The van der Waals surface area contributed by atoms with Crippen LogP contribution in [0.15, 0.2) is 28.8 Å². The summed E-state index contributed by atoms with van der Waals surface area (Å²) in [6.45, 7) is 3.04. The molecule has 0 aliphatic heterocycles. The van der Waals surface area contributed by atoms with E-state index in [1.807, 2.05) is 31.2 Å². The van der Waals surface area contributed by atoms with Crippen LogP contribution >= 0.6 is 0 Å². The molecule has 2 N–H and O–H groups in total. The topological polar surface area (TPSA) is 74.2 Å². The Balaban J connectivity index is 2.31. The van der Waals surface area contributed by atoms with Crippen LogP contribution in [0.4, 0.5) is 0 Å². The number of aromatic nitrogens is 2. The van der Waals surface area contributed by atoms with E-state index in [-0.39, 0.29) is 0 Å². The number of benzene rings is 1. The van der Waals surface area contributed by atoms with Gasteiger partial charge in [-0.3, -0.25) is 0 Å². The molecule has 0 saturated carbocycles. The lowest BCUT2D eigenvalue weighted by Gasteiger charge is -2.05. The van der Waals surface area contributed by atoms with Crippen LogP contribution in [0.3, 0.4) is 0 Å². The number of rotatable bonds is 5. The number of nitrogens with two attached hydrogens (primary N) is 1. The Morgan fingerprint density at radius 2 is 2.18 bits per heavy atom. The number of ether oxygens (including phenoxy) is 1. The van der Waals surface area contributed by atoms with Gasteiger partial charge >= 0.3 is 0 Å². The van der Waals surface area contributed by atoms with Crippen molar-refractivity contribution in [2.75, 3.05) is 13.2 Å². The van der Waals surface area contributed by atoms with E-state index >= 15 is 0 Å². The third kappa shape index (κ3) is 2.62. The van der Waals surface area contributed by atoms with Crippen LogP contribution in [0.25, 0.3) is 11.5 Å². The SMILES string of the molecule is CCOc1ccccc1-c1nc(CCN)no1. The smallest absolute Gasteiger partial charge is 0.261 e. The van der Waals surface area contributed by atoms with E-state index in [4.69, 9.17) is 15.0 Å². The summed E-state index contributed by atoms with van der Waals surface area (Å²) in [5.74, 6) is 1.84. The predicted octanol–water partition coefficient (Wildman–Crippen LogP) is 1.64. The van der Waals surface area contributed by atoms with Gasteiger partial charge in [-0.2, -0.15) is 4.98 Å². The summed E-state index contributed by atoms with van der Waals surface area (Å²) < 4.78 is 10.7. The molecule has 5 heteroatoms. The van der Waals surface area contributed by atoms with Gasteiger partial charge in [0.05, 0.1) is 12.2 Å². The Bertz CT molecular complexity index is 482. The Labute approximate surface area is 99.6 Å². The molecule has 2 rings (SSSR count). The Kier molecular flexibility index (Phi) is 3.72. The van der Waals surface area contributed by atoms with Gasteiger partial charge in [0.2, 0.25) is 0 Å². The summed E-state index contributed by atoms with van der Waals surface area (Å²) in [5, 5.41) is 3.86. The third-order valence-electron chi connectivity index (χ3n) is 2.25. The van der Waals surface area contributed by atoms with Crippen LogP contribution in [-0.2, 0) is 6.42 Å². The van der Waals surface area contributed by atoms with E-state index in [2.05, 4.69) is 10.1 Å². The number of hydrogen-bond donors (Lipinski definition) is 1. The molecule has 90 valence electrons. The van der Waals surface area contributed by atoms with Crippen molar-refractivity contribution in [2.45, 2.75) is 13.3 Å². The van der Waals surface area contributed by atoms with E-state index in [0.717, 1.165) is 11.3 Å². The average molecular weight is 233 g/mol. The molecule has 0 saturated heterocycles. The zero-order valence-corrected chi connectivity index (χ0v) is 9.72. The second-order valence-corrected chi connectivity index (χ2v) is 3.48. The lowest BCUT2D eigenvalue weighted by molar-refractivity contribution is 0.339. The molecule has 1 aromatic heterocycles. The van der Waals surface area contributed by atoms with Crippen molar-refractivity contribution in [3.63, 3.8) is 0 Å². The molecule has 0 amide bonds. The second kappa shape index (κ2) is 5.45. The predicted molar refractivity (Wildman–Crippen MR) is 63.7 cm³/mol. The summed E-state index contributed by atoms with van der Waals surface area (Å²) in [6.07, 6.45) is 0.611. The van der Waals surface area contributed by atoms with Crippen LogP contribution < -0.4 is 10.5 Å². The Hall–Kier alpha value is -1.88. The largest absolute Gasteiger partial charge is 0.493 e. The highest BCUT2D eigenvalue weighted by atomic mass is 16.5. The van der Waals surface area contributed by atoms with Crippen LogP contribution in [0.1, 0.15) is 12.7 Å². The molecule has 1 aromatic carbocycles. The Morgan fingerprint density at radius 1 is 1.35 bits per heavy atom. The summed E-state index contributed by atoms with van der Waals surface area (Å²) >= 11 is 0. The molecule has 0 aliphatic carbocycles. The van der Waals surface area contributed by atoms with Gasteiger partial charge in [-0.15, -0.1) is 0 Å². The van der Waals surface area contributed by atoms with Gasteiger partial charge in [0.15, 0.2) is 5.82 Å². The highest BCUT2D eigenvalue weighted by molar-refractivity contribution is 5.62. The quantitative estimate of drug-likeness (QED) is 0.849. The molecule has 0 aliphatic rings. The maximum absolute atomic E-state index is 5.51. The van der Waals surface area contributed by atoms with E-state index in [0.29, 0.717) is 31.3 Å². The maximum Gasteiger partial charge on any atom is 0.261 e. The molecule has 17 heavy (non-hydrogen) atoms. The molecule has 2 aromatic rings. The van der Waals surface area contributed by atoms with Crippen molar-refractivity contribution >= 4 is 0 Å². The fourth-order valence-corrected chi connectivity index (χ4v) is 1.52. The zero-order chi connectivity index (χ0) is 12.1. The summed E-state index contributed by atoms with van der Waals surface area (Å²) in [7, 11) is 0. The first-order chi connectivity index (χ1) is 8.35. The lowest BCUT2D eigenvalue weighted by atomic mass is 10.2. The number of hydrogen-bond acceptors (Lipinski definition) is 5. The van der Waals surface area contributed by atoms with Crippen LogP contribution in [0, 0.1) is 0 Å². The molecule has 5 nitrogen and oxygen atoms in total. The van der Waals surface area contributed by atoms with Crippen molar-refractivity contribution in [3.05, 3.63) is 30.1 Å². The van der Waals surface area contributed by atoms with Gasteiger partial charge in [-0.1, -0.05) is 17.3 Å². The maximum atomic E-state index is 5.51. The first-order valence-corrected chi connectivity index (χ1v) is 5.60. The minimum absolute atomic E-state index is 0.470. The third-order valence-corrected chi connectivity index (χ3v) is 2.25. The Morgan fingerprint density at radius 3 is 2.94 bits per heavy atom. The van der Waals surface area contributed by atoms with E-state index in [1.54, 1.807) is 0 Å². The zero-order valence-electron chi connectivity index (χ0n) is 9.72. The average Bonchev–Trinajstić information content (AvgIpc) is 2.79. The molecule has 0 atom stereocenters. The van der Waals surface area contributed by atoms with Gasteiger partial charge in [0.25, 0.3) is 5.89 Å². The van der Waals surface area contributed by atoms with Gasteiger partial charge < -0.3 is 15.0 Å².